The maximum atomic E-state index is 13.2. The molecule has 0 aliphatic carbocycles. The maximum Gasteiger partial charge on any atom is 0.416 e. The van der Waals surface area contributed by atoms with Crippen molar-refractivity contribution in [3.05, 3.63) is 70.4 Å². The van der Waals surface area contributed by atoms with Gasteiger partial charge in [-0.15, -0.1) is 0 Å². The highest BCUT2D eigenvalue weighted by Crippen LogP contribution is 2.36. The number of hydrogen-bond acceptors (Lipinski definition) is 1. The maximum absolute atomic E-state index is 13.2. The normalized spacial score (nSPS) is 15.3. The fourth-order valence-electron chi connectivity index (χ4n) is 4.01. The van der Waals surface area contributed by atoms with Crippen LogP contribution in [0.25, 0.3) is 10.9 Å². The van der Waals surface area contributed by atoms with Gasteiger partial charge in [-0.1, -0.05) is 29.8 Å². The Hall–Kier alpha value is -2.27. The topological polar surface area (TPSA) is 8.17 Å². The minimum atomic E-state index is -4.31. The number of likely N-dealkylation sites (N-methyl/N-ethyl adjacent to an activating group) is 1. The number of hydrogen-bond donors (Lipinski definition) is 0. The number of benzene rings is 2. The molecule has 27 heavy (non-hydrogen) atoms. The van der Waals surface area contributed by atoms with E-state index in [1.54, 1.807) is 6.07 Å². The van der Waals surface area contributed by atoms with E-state index in [4.69, 9.17) is 0 Å². The van der Waals surface area contributed by atoms with Gasteiger partial charge in [0.15, 0.2) is 0 Å². The molecule has 2 aromatic carbocycles. The van der Waals surface area contributed by atoms with E-state index in [9.17, 15) is 13.2 Å². The zero-order chi connectivity index (χ0) is 19.2. The van der Waals surface area contributed by atoms with Crippen molar-refractivity contribution in [3.63, 3.8) is 0 Å². The molecule has 0 fully saturated rings. The van der Waals surface area contributed by atoms with E-state index >= 15 is 0 Å². The summed E-state index contributed by atoms with van der Waals surface area (Å²) in [6.07, 6.45) is -2.57. The summed E-state index contributed by atoms with van der Waals surface area (Å²) in [5.41, 5.74) is 5.06. The number of alkyl halides is 3. The minimum absolute atomic E-state index is 0.568. The molecule has 0 unspecified atom stereocenters. The highest BCUT2D eigenvalue weighted by molar-refractivity contribution is 5.86. The predicted octanol–water partition coefficient (Wildman–Crippen LogP) is 5.20. The van der Waals surface area contributed by atoms with Crippen LogP contribution in [0.4, 0.5) is 13.2 Å². The van der Waals surface area contributed by atoms with E-state index in [0.29, 0.717) is 6.54 Å². The summed E-state index contributed by atoms with van der Waals surface area (Å²) in [5, 5.41) is 0.746. The highest BCUT2D eigenvalue weighted by Gasteiger charge is 2.32. The van der Waals surface area contributed by atoms with Crippen LogP contribution >= 0.6 is 0 Å². The predicted molar refractivity (Wildman–Crippen MR) is 102 cm³/mol. The molecule has 0 radical (unpaired) electrons. The standard InChI is InChI=1S/C22H23F3N2/c1-15-3-5-16(6-4-15)9-12-27-20-8-7-17(22(23,24)25)13-18(20)19-14-26(2)11-10-21(19)27/h3-8,13H,9-12,14H2,1-2H3. The second-order valence-electron chi connectivity index (χ2n) is 7.53. The Kier molecular flexibility index (Phi) is 4.50. The van der Waals surface area contributed by atoms with Gasteiger partial charge in [0.2, 0.25) is 0 Å². The third-order valence-corrected chi connectivity index (χ3v) is 5.52. The molecule has 1 aromatic heterocycles. The van der Waals surface area contributed by atoms with Gasteiger partial charge >= 0.3 is 6.18 Å². The summed E-state index contributed by atoms with van der Waals surface area (Å²) in [7, 11) is 2.02. The molecule has 0 N–H and O–H groups in total. The molecule has 0 bridgehead atoms. The van der Waals surface area contributed by atoms with Crippen LogP contribution in [-0.4, -0.2) is 23.1 Å². The van der Waals surface area contributed by atoms with Crippen LogP contribution < -0.4 is 0 Å². The number of halogens is 3. The van der Waals surface area contributed by atoms with Crippen molar-refractivity contribution in [3.8, 4) is 0 Å². The Bertz CT molecular complexity index is 968. The van der Waals surface area contributed by atoms with E-state index in [1.165, 1.54) is 29.0 Å². The van der Waals surface area contributed by atoms with E-state index in [1.807, 2.05) is 7.05 Å². The lowest BCUT2D eigenvalue weighted by Gasteiger charge is -2.24. The summed E-state index contributed by atoms with van der Waals surface area (Å²) in [5.74, 6) is 0. The van der Waals surface area contributed by atoms with Crippen molar-refractivity contribution in [2.45, 2.75) is 39.0 Å². The quantitative estimate of drug-likeness (QED) is 0.614. The molecule has 3 aromatic rings. The van der Waals surface area contributed by atoms with Crippen LogP contribution in [0, 0.1) is 6.92 Å². The van der Waals surface area contributed by atoms with Gasteiger partial charge < -0.3 is 9.47 Å². The summed E-state index contributed by atoms with van der Waals surface area (Å²) in [4.78, 5) is 2.17. The summed E-state index contributed by atoms with van der Waals surface area (Å²) >= 11 is 0. The monoisotopic (exact) mass is 372 g/mol. The van der Waals surface area contributed by atoms with Crippen LogP contribution in [0.3, 0.4) is 0 Å². The molecule has 1 aliphatic rings. The molecule has 0 atom stereocenters. The number of aromatic nitrogens is 1. The molecule has 4 rings (SSSR count). The Morgan fingerprint density at radius 1 is 1.04 bits per heavy atom. The Balaban J connectivity index is 1.76. The molecular formula is C22H23F3N2. The molecule has 0 amide bonds. The van der Waals surface area contributed by atoms with Crippen molar-refractivity contribution in [2.75, 3.05) is 13.6 Å². The Morgan fingerprint density at radius 2 is 1.78 bits per heavy atom. The Morgan fingerprint density at radius 3 is 2.48 bits per heavy atom. The van der Waals surface area contributed by atoms with Crippen LogP contribution in [0.1, 0.15) is 27.9 Å². The number of rotatable bonds is 3. The Labute approximate surface area is 157 Å². The summed E-state index contributed by atoms with van der Waals surface area (Å²) in [6.45, 7) is 4.48. The van der Waals surface area contributed by atoms with E-state index < -0.39 is 11.7 Å². The van der Waals surface area contributed by atoms with Crippen LogP contribution in [-0.2, 0) is 32.1 Å². The van der Waals surface area contributed by atoms with Gasteiger partial charge in [-0.25, -0.2) is 0 Å². The summed E-state index contributed by atoms with van der Waals surface area (Å²) in [6, 6.07) is 12.6. The van der Waals surface area contributed by atoms with Crippen molar-refractivity contribution in [1.29, 1.82) is 0 Å². The first-order valence-corrected chi connectivity index (χ1v) is 9.28. The molecule has 2 heterocycles. The minimum Gasteiger partial charge on any atom is -0.344 e. The fourth-order valence-corrected chi connectivity index (χ4v) is 4.01. The zero-order valence-corrected chi connectivity index (χ0v) is 15.6. The van der Waals surface area contributed by atoms with Gasteiger partial charge in [-0.2, -0.15) is 13.2 Å². The molecule has 0 spiro atoms. The highest BCUT2D eigenvalue weighted by atomic mass is 19.4. The van der Waals surface area contributed by atoms with E-state index in [-0.39, 0.29) is 0 Å². The molecule has 5 heteroatoms. The van der Waals surface area contributed by atoms with Gasteiger partial charge in [0.05, 0.1) is 5.56 Å². The van der Waals surface area contributed by atoms with Crippen LogP contribution in [0.5, 0.6) is 0 Å². The number of nitrogens with zero attached hydrogens (tertiary/aromatic N) is 2. The van der Waals surface area contributed by atoms with Gasteiger partial charge in [0, 0.05) is 42.7 Å². The van der Waals surface area contributed by atoms with Crippen molar-refractivity contribution < 1.29 is 13.2 Å². The first kappa shape index (κ1) is 18.1. The molecular weight excluding hydrogens is 349 g/mol. The third kappa shape index (κ3) is 3.48. The first-order chi connectivity index (χ1) is 12.8. The number of fused-ring (bicyclic) bond motifs is 3. The number of aryl methyl sites for hydroxylation is 3. The molecule has 1 aliphatic heterocycles. The van der Waals surface area contributed by atoms with E-state index in [2.05, 4.69) is 40.7 Å². The lowest BCUT2D eigenvalue weighted by molar-refractivity contribution is -0.137. The average molecular weight is 372 g/mol. The van der Waals surface area contributed by atoms with E-state index in [0.717, 1.165) is 42.4 Å². The largest absolute Gasteiger partial charge is 0.416 e. The van der Waals surface area contributed by atoms with Crippen LogP contribution in [0.2, 0.25) is 0 Å². The fraction of sp³-hybridized carbons (Fsp3) is 0.364. The first-order valence-electron chi connectivity index (χ1n) is 9.28. The van der Waals surface area contributed by atoms with Crippen molar-refractivity contribution in [1.82, 2.24) is 9.47 Å². The lowest BCUT2D eigenvalue weighted by Crippen LogP contribution is -2.27. The van der Waals surface area contributed by atoms with Gasteiger partial charge in [0.1, 0.15) is 0 Å². The van der Waals surface area contributed by atoms with Gasteiger partial charge in [-0.05, 0) is 49.7 Å². The van der Waals surface area contributed by atoms with Gasteiger partial charge in [0.25, 0.3) is 0 Å². The zero-order valence-electron chi connectivity index (χ0n) is 15.6. The molecule has 0 saturated carbocycles. The lowest BCUT2D eigenvalue weighted by atomic mass is 10.0. The molecule has 142 valence electrons. The average Bonchev–Trinajstić information content (AvgIpc) is 2.93. The van der Waals surface area contributed by atoms with Crippen molar-refractivity contribution in [2.24, 2.45) is 0 Å². The van der Waals surface area contributed by atoms with Gasteiger partial charge in [-0.3, -0.25) is 0 Å². The molecule has 0 saturated heterocycles. The SMILES string of the molecule is Cc1ccc(CCn2c3c(c4cc(C(F)(F)F)ccc42)CN(C)CC3)cc1. The van der Waals surface area contributed by atoms with Crippen molar-refractivity contribution >= 4 is 10.9 Å². The second kappa shape index (κ2) is 6.71. The molecule has 2 nitrogen and oxygen atoms in total. The second-order valence-corrected chi connectivity index (χ2v) is 7.53. The summed E-state index contributed by atoms with van der Waals surface area (Å²) < 4.78 is 41.9. The smallest absolute Gasteiger partial charge is 0.344 e. The van der Waals surface area contributed by atoms with Crippen LogP contribution in [0.15, 0.2) is 42.5 Å². The third-order valence-electron chi connectivity index (χ3n) is 5.52.